The van der Waals surface area contributed by atoms with Gasteiger partial charge in [0, 0.05) is 0 Å². The Labute approximate surface area is 93.2 Å². The van der Waals surface area contributed by atoms with E-state index in [1.54, 1.807) is 12.1 Å². The topological polar surface area (TPSA) is 9.23 Å². The molecule has 0 aliphatic rings. The molecule has 89 valence electrons. The number of hydrogen-bond acceptors (Lipinski definition) is 1. The minimum absolute atomic E-state index is 0.174. The molecule has 1 aromatic rings. The summed E-state index contributed by atoms with van der Waals surface area (Å²) in [6.07, 6.45) is 0.367. The maximum Gasteiger partial charge on any atom is 0.573 e. The first-order chi connectivity index (χ1) is 7.51. The van der Waals surface area contributed by atoms with Crippen molar-refractivity contribution in [2.24, 2.45) is 0 Å². The van der Waals surface area contributed by atoms with Crippen LogP contribution in [0.1, 0.15) is 25.3 Å². The van der Waals surface area contributed by atoms with E-state index in [4.69, 9.17) is 0 Å². The predicted molar refractivity (Wildman–Crippen MR) is 56.0 cm³/mol. The highest BCUT2D eigenvalue weighted by Gasteiger charge is 2.30. The van der Waals surface area contributed by atoms with Crippen molar-refractivity contribution in [1.82, 2.24) is 0 Å². The van der Waals surface area contributed by atoms with Gasteiger partial charge in [-0.2, -0.15) is 0 Å². The monoisotopic (exact) mass is 231 g/mol. The molecule has 1 nitrogen and oxygen atoms in total. The van der Waals surface area contributed by atoms with Crippen molar-refractivity contribution < 1.29 is 17.9 Å². The molecule has 0 bridgehead atoms. The normalized spacial score (nSPS) is 11.5. The molecule has 0 aromatic heterocycles. The van der Waals surface area contributed by atoms with Crippen molar-refractivity contribution >= 4 is 0 Å². The van der Waals surface area contributed by atoms with Gasteiger partial charge in [0.1, 0.15) is 5.75 Å². The molecule has 0 saturated carbocycles. The third-order valence-electron chi connectivity index (χ3n) is 2.03. The fraction of sp³-hybridized carbons (Fsp3) is 0.417. The summed E-state index contributed by atoms with van der Waals surface area (Å²) in [6.45, 7) is 2.08. The molecule has 0 unspecified atom stereocenters. The lowest BCUT2D eigenvalue weighted by Gasteiger charge is -2.09. The number of rotatable bonds is 5. The summed E-state index contributed by atoms with van der Waals surface area (Å²) in [7, 11) is 0. The van der Waals surface area contributed by atoms with Crippen LogP contribution in [0.2, 0.25) is 0 Å². The van der Waals surface area contributed by atoms with E-state index in [1.165, 1.54) is 12.1 Å². The van der Waals surface area contributed by atoms with E-state index in [-0.39, 0.29) is 5.75 Å². The first-order valence-electron chi connectivity index (χ1n) is 5.17. The molecule has 0 aliphatic heterocycles. The summed E-state index contributed by atoms with van der Waals surface area (Å²) in [5.74, 6) is -0.174. The van der Waals surface area contributed by atoms with Crippen molar-refractivity contribution in [1.29, 1.82) is 0 Å². The highest BCUT2D eigenvalue weighted by atomic mass is 19.4. The lowest BCUT2D eigenvalue weighted by atomic mass is 10.1. The summed E-state index contributed by atoms with van der Waals surface area (Å²) in [6, 6.07) is 5.96. The van der Waals surface area contributed by atoms with E-state index in [0.717, 1.165) is 24.8 Å². The molecule has 0 heterocycles. The zero-order valence-electron chi connectivity index (χ0n) is 9.05. The molecule has 1 aromatic carbocycles. The van der Waals surface area contributed by atoms with E-state index in [2.05, 4.69) is 18.1 Å². The Bertz CT molecular complexity index is 303. The van der Waals surface area contributed by atoms with Gasteiger partial charge in [-0.15, -0.1) is 13.2 Å². The molecule has 16 heavy (non-hydrogen) atoms. The van der Waals surface area contributed by atoms with E-state index in [1.807, 2.05) is 0 Å². The third kappa shape index (κ3) is 5.05. The van der Waals surface area contributed by atoms with Gasteiger partial charge in [0.15, 0.2) is 0 Å². The molecule has 0 spiro atoms. The van der Waals surface area contributed by atoms with Gasteiger partial charge in [0.25, 0.3) is 0 Å². The fourth-order valence-corrected chi connectivity index (χ4v) is 1.30. The Hall–Kier alpha value is -1.19. The van der Waals surface area contributed by atoms with Crippen LogP contribution in [-0.2, 0) is 6.42 Å². The number of halogens is 3. The van der Waals surface area contributed by atoms with Crippen LogP contribution in [-0.4, -0.2) is 6.36 Å². The summed E-state index contributed by atoms with van der Waals surface area (Å²) in [5, 5.41) is 0. The molecule has 0 saturated heterocycles. The van der Waals surface area contributed by atoms with Crippen LogP contribution in [0.15, 0.2) is 24.3 Å². The van der Waals surface area contributed by atoms with E-state index < -0.39 is 6.36 Å². The molecule has 0 aliphatic carbocycles. The largest absolute Gasteiger partial charge is 0.573 e. The maximum absolute atomic E-state index is 11.9. The molecule has 0 N–H and O–H groups in total. The molecular weight excluding hydrogens is 217 g/mol. The van der Waals surface area contributed by atoms with E-state index in [0.29, 0.717) is 0 Å². The first-order valence-corrected chi connectivity index (χ1v) is 5.17. The Morgan fingerprint density at radius 3 is 2.31 bits per heavy atom. The molecule has 1 rings (SSSR count). The standard InChI is InChI=1S/C12H14F3O/c1-2-3-4-5-10-6-8-11(9-7-10)16-12(13,14)15/h4,6-9H,2-3,5H2,1H3. The Kier molecular flexibility index (Phi) is 4.65. The Morgan fingerprint density at radius 1 is 1.19 bits per heavy atom. The van der Waals surface area contributed by atoms with Gasteiger partial charge in [0.2, 0.25) is 0 Å². The molecule has 4 heteroatoms. The smallest absolute Gasteiger partial charge is 0.406 e. The summed E-state index contributed by atoms with van der Waals surface area (Å²) in [4.78, 5) is 0. The minimum atomic E-state index is -4.62. The average molecular weight is 231 g/mol. The number of ether oxygens (including phenoxy) is 1. The predicted octanol–water partition coefficient (Wildman–Crippen LogP) is 4.13. The summed E-state index contributed by atoms with van der Waals surface area (Å²) >= 11 is 0. The van der Waals surface area contributed by atoms with Crippen molar-refractivity contribution in [3.63, 3.8) is 0 Å². The zero-order valence-corrected chi connectivity index (χ0v) is 9.05. The molecular formula is C12H14F3O. The van der Waals surface area contributed by atoms with Crippen LogP contribution in [0.4, 0.5) is 13.2 Å². The summed E-state index contributed by atoms with van der Waals surface area (Å²) < 4.78 is 39.4. The van der Waals surface area contributed by atoms with Crippen molar-refractivity contribution in [3.05, 3.63) is 36.2 Å². The van der Waals surface area contributed by atoms with Gasteiger partial charge in [0.05, 0.1) is 0 Å². The molecule has 0 atom stereocenters. The van der Waals surface area contributed by atoms with Crippen LogP contribution >= 0.6 is 0 Å². The SMILES string of the molecule is CCC[CH]Cc1ccc(OC(F)(F)F)cc1. The zero-order chi connectivity index (χ0) is 12.0. The third-order valence-corrected chi connectivity index (χ3v) is 2.03. The number of unbranched alkanes of at least 4 members (excludes halogenated alkanes) is 2. The van der Waals surface area contributed by atoms with Gasteiger partial charge < -0.3 is 4.74 Å². The average Bonchev–Trinajstić information content (AvgIpc) is 2.19. The number of hydrogen-bond donors (Lipinski definition) is 0. The number of benzene rings is 1. The molecule has 0 fully saturated rings. The van der Waals surface area contributed by atoms with Crippen molar-refractivity contribution in [2.45, 2.75) is 32.5 Å². The highest BCUT2D eigenvalue weighted by Crippen LogP contribution is 2.23. The first kappa shape index (κ1) is 12.9. The van der Waals surface area contributed by atoms with Gasteiger partial charge in [-0.05, 0) is 30.5 Å². The lowest BCUT2D eigenvalue weighted by Crippen LogP contribution is -2.17. The van der Waals surface area contributed by atoms with E-state index in [9.17, 15) is 13.2 Å². The second-order valence-corrected chi connectivity index (χ2v) is 3.47. The van der Waals surface area contributed by atoms with Gasteiger partial charge >= 0.3 is 6.36 Å². The quantitative estimate of drug-likeness (QED) is 0.692. The van der Waals surface area contributed by atoms with Crippen LogP contribution in [0.25, 0.3) is 0 Å². The van der Waals surface area contributed by atoms with Crippen LogP contribution in [0.5, 0.6) is 5.75 Å². The van der Waals surface area contributed by atoms with Crippen LogP contribution in [0.3, 0.4) is 0 Å². The van der Waals surface area contributed by atoms with Crippen LogP contribution in [0, 0.1) is 6.42 Å². The van der Waals surface area contributed by atoms with Gasteiger partial charge in [-0.3, -0.25) is 0 Å². The van der Waals surface area contributed by atoms with Crippen LogP contribution < -0.4 is 4.74 Å². The van der Waals surface area contributed by atoms with Gasteiger partial charge in [-0.25, -0.2) is 0 Å². The summed E-state index contributed by atoms with van der Waals surface area (Å²) in [5.41, 5.74) is 0.989. The lowest BCUT2D eigenvalue weighted by molar-refractivity contribution is -0.274. The fourth-order valence-electron chi connectivity index (χ4n) is 1.30. The highest BCUT2D eigenvalue weighted by molar-refractivity contribution is 5.28. The number of alkyl halides is 3. The second kappa shape index (κ2) is 5.77. The second-order valence-electron chi connectivity index (χ2n) is 3.47. The van der Waals surface area contributed by atoms with Gasteiger partial charge in [-0.1, -0.05) is 31.9 Å². The Balaban J connectivity index is 2.48. The van der Waals surface area contributed by atoms with Crippen molar-refractivity contribution in [3.8, 4) is 5.75 Å². The minimum Gasteiger partial charge on any atom is -0.406 e. The molecule has 1 radical (unpaired) electrons. The maximum atomic E-state index is 11.9. The Morgan fingerprint density at radius 2 is 1.81 bits per heavy atom. The van der Waals surface area contributed by atoms with E-state index >= 15 is 0 Å². The molecule has 0 amide bonds. The van der Waals surface area contributed by atoms with Crippen molar-refractivity contribution in [2.75, 3.05) is 0 Å².